The first-order valence-electron chi connectivity index (χ1n) is 2.87. The number of H-pyrrole nitrogens is 1. The second kappa shape index (κ2) is 2.43. The van der Waals surface area contributed by atoms with Crippen LogP contribution in [0.2, 0.25) is 0 Å². The lowest BCUT2D eigenvalue weighted by Crippen LogP contribution is -1.78. The molecule has 3 heteroatoms. The summed E-state index contributed by atoms with van der Waals surface area (Å²) in [5, 5.41) is 0. The highest BCUT2D eigenvalue weighted by Crippen LogP contribution is 2.03. The van der Waals surface area contributed by atoms with Crippen LogP contribution in [0.5, 0.6) is 0 Å². The summed E-state index contributed by atoms with van der Waals surface area (Å²) >= 11 is 4.08. The number of hydrogen-bond acceptors (Lipinski definition) is 2. The van der Waals surface area contributed by atoms with Gasteiger partial charge in [0, 0.05) is 11.4 Å². The quantitative estimate of drug-likeness (QED) is 0.571. The summed E-state index contributed by atoms with van der Waals surface area (Å²) in [6.45, 7) is 3.99. The van der Waals surface area contributed by atoms with Crippen LogP contribution >= 0.6 is 12.6 Å². The fourth-order valence-corrected chi connectivity index (χ4v) is 0.846. The molecule has 9 heavy (non-hydrogen) atoms. The molecule has 0 fully saturated rings. The van der Waals surface area contributed by atoms with Gasteiger partial charge in [0.2, 0.25) is 0 Å². The number of aromatic nitrogens is 2. The third-order valence-corrected chi connectivity index (χ3v) is 1.63. The number of thiol groups is 1. The molecule has 0 amide bonds. The van der Waals surface area contributed by atoms with Crippen molar-refractivity contribution < 1.29 is 0 Å². The smallest absolute Gasteiger partial charge is 0.116 e. The number of imidazole rings is 1. The van der Waals surface area contributed by atoms with Crippen LogP contribution in [0.4, 0.5) is 0 Å². The van der Waals surface area contributed by atoms with Crippen LogP contribution in [-0.2, 0) is 5.75 Å². The van der Waals surface area contributed by atoms with Crippen LogP contribution in [-0.4, -0.2) is 9.97 Å². The molecule has 0 aliphatic carbocycles. The normalized spacial score (nSPS) is 10.1. The molecule has 0 bridgehead atoms. The van der Waals surface area contributed by atoms with Gasteiger partial charge >= 0.3 is 0 Å². The van der Waals surface area contributed by atoms with Gasteiger partial charge < -0.3 is 4.98 Å². The molecule has 1 N–H and O–H groups in total. The molecule has 1 rings (SSSR count). The van der Waals surface area contributed by atoms with Gasteiger partial charge in [0.25, 0.3) is 0 Å². The molecule has 0 saturated heterocycles. The van der Waals surface area contributed by atoms with Gasteiger partial charge in [0.15, 0.2) is 0 Å². The highest BCUT2D eigenvalue weighted by molar-refractivity contribution is 7.79. The number of rotatable bonds is 1. The van der Waals surface area contributed by atoms with Crippen LogP contribution in [0.25, 0.3) is 0 Å². The van der Waals surface area contributed by atoms with Gasteiger partial charge in [-0.1, -0.05) is 0 Å². The minimum absolute atomic E-state index is 0.689. The predicted octanol–water partition coefficient (Wildman–Crippen LogP) is 1.46. The summed E-state index contributed by atoms with van der Waals surface area (Å²) in [5.74, 6) is 1.64. The lowest BCUT2D eigenvalue weighted by atomic mass is 10.4. The van der Waals surface area contributed by atoms with Crippen molar-refractivity contribution in [2.75, 3.05) is 0 Å². The molecule has 50 valence electrons. The maximum atomic E-state index is 4.20. The number of nitrogens with one attached hydrogen (secondary N) is 1. The van der Waals surface area contributed by atoms with Gasteiger partial charge in [-0.3, -0.25) is 0 Å². The SMILES string of the molecule is Cc1nc(CS)[nH]c1C. The van der Waals surface area contributed by atoms with E-state index in [1.165, 1.54) is 0 Å². The van der Waals surface area contributed by atoms with Crippen LogP contribution in [0.15, 0.2) is 0 Å². The molecule has 0 spiro atoms. The Morgan fingerprint density at radius 1 is 1.56 bits per heavy atom. The molecule has 0 aliphatic heterocycles. The fourth-order valence-electron chi connectivity index (χ4n) is 0.696. The minimum atomic E-state index is 0.689. The van der Waals surface area contributed by atoms with E-state index in [9.17, 15) is 0 Å². The van der Waals surface area contributed by atoms with Crippen molar-refractivity contribution in [2.24, 2.45) is 0 Å². The highest BCUT2D eigenvalue weighted by Gasteiger charge is 1.97. The average Bonchev–Trinajstić information content (AvgIpc) is 2.13. The van der Waals surface area contributed by atoms with Gasteiger partial charge in [-0.15, -0.1) is 0 Å². The largest absolute Gasteiger partial charge is 0.345 e. The van der Waals surface area contributed by atoms with E-state index in [1.54, 1.807) is 0 Å². The summed E-state index contributed by atoms with van der Waals surface area (Å²) in [4.78, 5) is 7.30. The van der Waals surface area contributed by atoms with Gasteiger partial charge in [-0.25, -0.2) is 4.98 Å². The second-order valence-corrected chi connectivity index (χ2v) is 2.37. The lowest BCUT2D eigenvalue weighted by Gasteiger charge is -1.81. The van der Waals surface area contributed by atoms with Crippen molar-refractivity contribution in [3.63, 3.8) is 0 Å². The Labute approximate surface area is 60.1 Å². The van der Waals surface area contributed by atoms with E-state index in [0.29, 0.717) is 5.75 Å². The van der Waals surface area contributed by atoms with Gasteiger partial charge in [0.05, 0.1) is 5.69 Å². The Morgan fingerprint density at radius 3 is 2.44 bits per heavy atom. The molecule has 1 heterocycles. The summed E-state index contributed by atoms with van der Waals surface area (Å²) in [5.41, 5.74) is 2.21. The maximum Gasteiger partial charge on any atom is 0.116 e. The van der Waals surface area contributed by atoms with E-state index in [-0.39, 0.29) is 0 Å². The Morgan fingerprint density at radius 2 is 2.22 bits per heavy atom. The molecule has 0 radical (unpaired) electrons. The lowest BCUT2D eigenvalue weighted by molar-refractivity contribution is 1.10. The summed E-state index contributed by atoms with van der Waals surface area (Å²) in [6, 6.07) is 0. The average molecular weight is 142 g/mol. The summed E-state index contributed by atoms with van der Waals surface area (Å²) < 4.78 is 0. The zero-order valence-corrected chi connectivity index (χ0v) is 6.50. The van der Waals surface area contributed by atoms with E-state index < -0.39 is 0 Å². The standard InChI is InChI=1S/C6H10N2S/c1-4-5(2)8-6(3-9)7-4/h9H,3H2,1-2H3,(H,7,8). The van der Waals surface area contributed by atoms with Crippen molar-refractivity contribution >= 4 is 12.6 Å². The Kier molecular flexibility index (Phi) is 1.81. The highest BCUT2D eigenvalue weighted by atomic mass is 32.1. The summed E-state index contributed by atoms with van der Waals surface area (Å²) in [7, 11) is 0. The van der Waals surface area contributed by atoms with Gasteiger partial charge in [-0.2, -0.15) is 12.6 Å². The Balaban J connectivity index is 2.98. The van der Waals surface area contributed by atoms with Crippen LogP contribution in [0.3, 0.4) is 0 Å². The monoisotopic (exact) mass is 142 g/mol. The summed E-state index contributed by atoms with van der Waals surface area (Å²) in [6.07, 6.45) is 0. The molecular formula is C6H10N2S. The number of aryl methyl sites for hydroxylation is 2. The maximum absolute atomic E-state index is 4.20. The molecule has 0 unspecified atom stereocenters. The zero-order chi connectivity index (χ0) is 6.85. The topological polar surface area (TPSA) is 28.7 Å². The van der Waals surface area contributed by atoms with Gasteiger partial charge in [0.1, 0.15) is 5.82 Å². The zero-order valence-electron chi connectivity index (χ0n) is 5.60. The van der Waals surface area contributed by atoms with Crippen molar-refractivity contribution in [1.82, 2.24) is 9.97 Å². The molecule has 0 atom stereocenters. The van der Waals surface area contributed by atoms with E-state index in [4.69, 9.17) is 0 Å². The van der Waals surface area contributed by atoms with Crippen molar-refractivity contribution in [1.29, 1.82) is 0 Å². The van der Waals surface area contributed by atoms with Crippen molar-refractivity contribution in [3.8, 4) is 0 Å². The molecule has 0 aliphatic rings. The molecular weight excluding hydrogens is 132 g/mol. The van der Waals surface area contributed by atoms with E-state index in [1.807, 2.05) is 13.8 Å². The third kappa shape index (κ3) is 1.27. The third-order valence-electron chi connectivity index (χ3n) is 1.33. The Hall–Kier alpha value is -0.440. The van der Waals surface area contributed by atoms with E-state index in [0.717, 1.165) is 17.2 Å². The number of aromatic amines is 1. The first kappa shape index (κ1) is 6.68. The molecule has 0 saturated carbocycles. The second-order valence-electron chi connectivity index (χ2n) is 2.05. The minimum Gasteiger partial charge on any atom is -0.345 e. The van der Waals surface area contributed by atoms with Crippen LogP contribution < -0.4 is 0 Å². The van der Waals surface area contributed by atoms with E-state index >= 15 is 0 Å². The number of nitrogens with zero attached hydrogens (tertiary/aromatic N) is 1. The molecule has 1 aromatic rings. The Bertz CT molecular complexity index is 185. The number of hydrogen-bond donors (Lipinski definition) is 2. The van der Waals surface area contributed by atoms with Crippen molar-refractivity contribution in [2.45, 2.75) is 19.6 Å². The molecule has 1 aromatic heterocycles. The van der Waals surface area contributed by atoms with Crippen LogP contribution in [0.1, 0.15) is 17.2 Å². The van der Waals surface area contributed by atoms with Gasteiger partial charge in [-0.05, 0) is 13.8 Å². The van der Waals surface area contributed by atoms with E-state index in [2.05, 4.69) is 22.6 Å². The first-order valence-corrected chi connectivity index (χ1v) is 3.50. The predicted molar refractivity (Wildman–Crippen MR) is 40.8 cm³/mol. The molecule has 0 aromatic carbocycles. The first-order chi connectivity index (χ1) is 4.24. The van der Waals surface area contributed by atoms with Crippen LogP contribution in [0, 0.1) is 13.8 Å². The molecule has 2 nitrogen and oxygen atoms in total. The fraction of sp³-hybridized carbons (Fsp3) is 0.500. The van der Waals surface area contributed by atoms with Crippen molar-refractivity contribution in [3.05, 3.63) is 17.2 Å².